The van der Waals surface area contributed by atoms with E-state index in [1.54, 1.807) is 12.1 Å². The van der Waals surface area contributed by atoms with E-state index in [4.69, 9.17) is 7.05 Å². The summed E-state index contributed by atoms with van der Waals surface area (Å²) < 4.78 is 0. The largest absolute Gasteiger partial charge is 0.378 e. The molecule has 0 aliphatic carbocycles. The van der Waals surface area contributed by atoms with Crippen molar-refractivity contribution < 1.29 is 4.92 Å². The summed E-state index contributed by atoms with van der Waals surface area (Å²) in [5.74, 6) is 0. The van der Waals surface area contributed by atoms with Gasteiger partial charge in [-0.3, -0.25) is 10.1 Å². The molecule has 0 aliphatic rings. The number of nitro groups is 1. The fourth-order valence-electron chi connectivity index (χ4n) is 0.709. The molecule has 0 bridgehead atoms. The van der Waals surface area contributed by atoms with Crippen LogP contribution < -0.4 is 5.32 Å². The maximum atomic E-state index is 10.2. The summed E-state index contributed by atoms with van der Waals surface area (Å²) in [6, 6.07) is 5.97. The Bertz CT molecular complexity index is 273. The Morgan fingerprint density at radius 2 is 2.27 bits per heavy atom. The zero-order valence-corrected chi connectivity index (χ0v) is 5.65. The van der Waals surface area contributed by atoms with Gasteiger partial charge in [-0.2, -0.15) is 0 Å². The molecular formula is C7H6N2O2. The number of non-ortho nitro benzene ring substituents is 1. The molecule has 0 aromatic heterocycles. The standard InChI is InChI=1S/C7H6N2O2/c1-8-6-3-2-4-7(5-6)9(10)11/h1-5,8H. The second kappa shape index (κ2) is 3.01. The number of nitro benzene ring substituents is 1. The molecule has 2 radical (unpaired) electrons. The van der Waals surface area contributed by atoms with Crippen molar-refractivity contribution in [2.24, 2.45) is 0 Å². The molecule has 0 fully saturated rings. The van der Waals surface area contributed by atoms with Crippen molar-refractivity contribution in [3.63, 3.8) is 0 Å². The molecule has 1 aromatic rings. The van der Waals surface area contributed by atoms with Gasteiger partial charge in [0.15, 0.2) is 0 Å². The molecule has 0 saturated carbocycles. The van der Waals surface area contributed by atoms with Crippen LogP contribution in [0.1, 0.15) is 0 Å². The van der Waals surface area contributed by atoms with Gasteiger partial charge < -0.3 is 5.32 Å². The highest BCUT2D eigenvalue weighted by Gasteiger charge is 2.03. The van der Waals surface area contributed by atoms with Gasteiger partial charge in [0.1, 0.15) is 0 Å². The smallest absolute Gasteiger partial charge is 0.271 e. The van der Waals surface area contributed by atoms with Gasteiger partial charge in [-0.1, -0.05) is 6.07 Å². The fraction of sp³-hybridized carbons (Fsp3) is 0. The third-order valence-corrected chi connectivity index (χ3v) is 1.22. The lowest BCUT2D eigenvalue weighted by Gasteiger charge is -1.96. The van der Waals surface area contributed by atoms with Crippen LogP contribution in [0, 0.1) is 17.2 Å². The summed E-state index contributed by atoms with van der Waals surface area (Å²) in [6.07, 6.45) is 0. The van der Waals surface area contributed by atoms with Crippen LogP contribution >= 0.6 is 0 Å². The van der Waals surface area contributed by atoms with Crippen LogP contribution in [0.3, 0.4) is 0 Å². The zero-order chi connectivity index (χ0) is 8.27. The SMILES string of the molecule is [CH]Nc1cccc([N+](=O)[O-])c1. The van der Waals surface area contributed by atoms with E-state index in [1.807, 2.05) is 0 Å². The molecule has 11 heavy (non-hydrogen) atoms. The number of hydrogen-bond acceptors (Lipinski definition) is 3. The van der Waals surface area contributed by atoms with Gasteiger partial charge in [-0.25, -0.2) is 0 Å². The van der Waals surface area contributed by atoms with Gasteiger partial charge >= 0.3 is 0 Å². The molecule has 4 heteroatoms. The van der Waals surface area contributed by atoms with E-state index < -0.39 is 4.92 Å². The van der Waals surface area contributed by atoms with Gasteiger partial charge in [0.2, 0.25) is 0 Å². The van der Waals surface area contributed by atoms with E-state index in [2.05, 4.69) is 5.32 Å². The van der Waals surface area contributed by atoms with Crippen molar-refractivity contribution in [2.45, 2.75) is 0 Å². The van der Waals surface area contributed by atoms with Crippen molar-refractivity contribution in [3.8, 4) is 0 Å². The van der Waals surface area contributed by atoms with Crippen LogP contribution in [0.2, 0.25) is 0 Å². The molecule has 1 rings (SSSR count). The third-order valence-electron chi connectivity index (χ3n) is 1.22. The molecule has 4 nitrogen and oxygen atoms in total. The van der Waals surface area contributed by atoms with Crippen LogP contribution in [0.4, 0.5) is 11.4 Å². The third kappa shape index (κ3) is 1.67. The van der Waals surface area contributed by atoms with Gasteiger partial charge in [0.25, 0.3) is 5.69 Å². The van der Waals surface area contributed by atoms with Crippen molar-refractivity contribution in [3.05, 3.63) is 41.4 Å². The summed E-state index contributed by atoms with van der Waals surface area (Å²) in [5, 5.41) is 12.5. The highest BCUT2D eigenvalue weighted by molar-refractivity contribution is 5.50. The molecular weight excluding hydrogens is 144 g/mol. The quantitative estimate of drug-likeness (QED) is 0.396. The van der Waals surface area contributed by atoms with Crippen molar-refractivity contribution >= 4 is 11.4 Å². The molecule has 56 valence electrons. The minimum atomic E-state index is -0.471. The first-order chi connectivity index (χ1) is 5.24. The molecule has 0 aliphatic heterocycles. The maximum Gasteiger partial charge on any atom is 0.271 e. The molecule has 0 saturated heterocycles. The highest BCUT2D eigenvalue weighted by atomic mass is 16.6. The van der Waals surface area contributed by atoms with E-state index in [0.29, 0.717) is 5.69 Å². The second-order valence-corrected chi connectivity index (χ2v) is 1.95. The second-order valence-electron chi connectivity index (χ2n) is 1.95. The van der Waals surface area contributed by atoms with Crippen molar-refractivity contribution in [1.29, 1.82) is 0 Å². The molecule has 0 spiro atoms. The summed E-state index contributed by atoms with van der Waals surface area (Å²) in [6.45, 7) is 0. The Labute approximate surface area is 64.0 Å². The highest BCUT2D eigenvalue weighted by Crippen LogP contribution is 2.15. The first kappa shape index (κ1) is 7.53. The van der Waals surface area contributed by atoms with Gasteiger partial charge in [0.05, 0.1) is 12.0 Å². The monoisotopic (exact) mass is 150 g/mol. The molecule has 0 heterocycles. The number of benzene rings is 1. The summed E-state index contributed by atoms with van der Waals surface area (Å²) >= 11 is 0. The van der Waals surface area contributed by atoms with Crippen LogP contribution in [-0.2, 0) is 0 Å². The lowest BCUT2D eigenvalue weighted by atomic mass is 10.3. The Hall–Kier alpha value is -1.58. The number of rotatable bonds is 2. The minimum Gasteiger partial charge on any atom is -0.378 e. The Kier molecular flexibility index (Phi) is 2.06. The lowest BCUT2D eigenvalue weighted by molar-refractivity contribution is -0.384. The summed E-state index contributed by atoms with van der Waals surface area (Å²) in [4.78, 5) is 9.73. The first-order valence-corrected chi connectivity index (χ1v) is 2.95. The van der Waals surface area contributed by atoms with E-state index >= 15 is 0 Å². The summed E-state index contributed by atoms with van der Waals surface area (Å²) in [7, 11) is 5.05. The molecule has 0 atom stereocenters. The average molecular weight is 150 g/mol. The van der Waals surface area contributed by atoms with Crippen LogP contribution in [0.5, 0.6) is 0 Å². The van der Waals surface area contributed by atoms with E-state index in [1.165, 1.54) is 12.1 Å². The van der Waals surface area contributed by atoms with Crippen LogP contribution in [-0.4, -0.2) is 4.92 Å². The Balaban J connectivity index is 3.01. The number of hydrogen-bond donors (Lipinski definition) is 1. The lowest BCUT2D eigenvalue weighted by Crippen LogP contribution is -1.89. The van der Waals surface area contributed by atoms with Crippen LogP contribution in [0.15, 0.2) is 24.3 Å². The normalized spacial score (nSPS) is 9.18. The van der Waals surface area contributed by atoms with E-state index in [9.17, 15) is 10.1 Å². The van der Waals surface area contributed by atoms with Gasteiger partial charge in [-0.05, 0) is 6.07 Å². The molecule has 1 aromatic carbocycles. The first-order valence-electron chi connectivity index (χ1n) is 2.95. The predicted octanol–water partition coefficient (Wildman–Crippen LogP) is 1.68. The molecule has 0 amide bonds. The average Bonchev–Trinajstić information content (AvgIpc) is 2.05. The van der Waals surface area contributed by atoms with Gasteiger partial charge in [0, 0.05) is 17.8 Å². The number of anilines is 1. The molecule has 0 unspecified atom stereocenters. The van der Waals surface area contributed by atoms with E-state index in [-0.39, 0.29) is 5.69 Å². The summed E-state index contributed by atoms with van der Waals surface area (Å²) in [5.41, 5.74) is 0.555. The predicted molar refractivity (Wildman–Crippen MR) is 41.0 cm³/mol. The van der Waals surface area contributed by atoms with Gasteiger partial charge in [-0.15, -0.1) is 0 Å². The number of nitrogens with one attached hydrogen (secondary N) is 1. The zero-order valence-electron chi connectivity index (χ0n) is 5.65. The maximum absolute atomic E-state index is 10.2. The van der Waals surface area contributed by atoms with Crippen molar-refractivity contribution in [1.82, 2.24) is 0 Å². The Morgan fingerprint density at radius 3 is 2.82 bits per heavy atom. The van der Waals surface area contributed by atoms with Crippen LogP contribution in [0.25, 0.3) is 0 Å². The fourth-order valence-corrected chi connectivity index (χ4v) is 0.709. The number of nitrogens with zero attached hydrogens (tertiary/aromatic N) is 1. The van der Waals surface area contributed by atoms with Crippen molar-refractivity contribution in [2.75, 3.05) is 5.32 Å². The minimum absolute atomic E-state index is 0.0282. The Morgan fingerprint density at radius 1 is 1.55 bits per heavy atom. The van der Waals surface area contributed by atoms with E-state index in [0.717, 1.165) is 0 Å². The molecule has 1 N–H and O–H groups in total. The topological polar surface area (TPSA) is 55.2 Å².